The standard InChI is InChI=1S/C19H28N2O2/c1-23-18-9-5-2-6-16(18)14-21-12-10-15(11-13-21)19(22)20-17-7-3-4-8-17/h2,5-6,9,15,17H,3-4,7-8,10-14H2,1H3,(H,20,22)/p+1. The van der Waals surface area contributed by atoms with Gasteiger partial charge in [0.15, 0.2) is 0 Å². The second-order valence-corrected chi connectivity index (χ2v) is 7.00. The fourth-order valence-corrected chi connectivity index (χ4v) is 3.97. The van der Waals surface area contributed by atoms with Crippen LogP contribution in [0.3, 0.4) is 0 Å². The van der Waals surface area contributed by atoms with Crippen LogP contribution >= 0.6 is 0 Å². The first-order valence-electron chi connectivity index (χ1n) is 9.02. The average Bonchev–Trinajstić information content (AvgIpc) is 3.09. The average molecular weight is 317 g/mol. The molecule has 0 spiro atoms. The van der Waals surface area contributed by atoms with Crippen molar-refractivity contribution in [1.82, 2.24) is 5.32 Å². The summed E-state index contributed by atoms with van der Waals surface area (Å²) in [5.74, 6) is 1.49. The molecule has 2 aliphatic rings. The van der Waals surface area contributed by atoms with E-state index in [1.807, 2.05) is 12.1 Å². The summed E-state index contributed by atoms with van der Waals surface area (Å²) in [6, 6.07) is 8.69. The van der Waals surface area contributed by atoms with Crippen LogP contribution in [-0.4, -0.2) is 32.1 Å². The normalized spacial score (nSPS) is 25.3. The third-order valence-electron chi connectivity index (χ3n) is 5.40. The minimum Gasteiger partial charge on any atom is -0.496 e. The lowest BCUT2D eigenvalue weighted by Crippen LogP contribution is -3.11. The molecule has 1 aliphatic heterocycles. The van der Waals surface area contributed by atoms with Gasteiger partial charge in [-0.25, -0.2) is 0 Å². The molecule has 1 aromatic carbocycles. The SMILES string of the molecule is COc1ccccc1C[NH+]1CCC(C(=O)NC2CCCC2)CC1. The number of ether oxygens (including phenoxy) is 1. The Bertz CT molecular complexity index is 518. The number of nitrogens with one attached hydrogen (secondary N) is 2. The second-order valence-electron chi connectivity index (χ2n) is 7.00. The van der Waals surface area contributed by atoms with Gasteiger partial charge in [0.1, 0.15) is 12.3 Å². The number of carbonyl (C=O) groups is 1. The molecule has 4 nitrogen and oxygen atoms in total. The third-order valence-corrected chi connectivity index (χ3v) is 5.40. The van der Waals surface area contributed by atoms with Crippen LogP contribution in [0.25, 0.3) is 0 Å². The Morgan fingerprint density at radius 2 is 1.87 bits per heavy atom. The van der Waals surface area contributed by atoms with Crippen molar-refractivity contribution in [1.29, 1.82) is 0 Å². The van der Waals surface area contributed by atoms with Crippen molar-refractivity contribution < 1.29 is 14.4 Å². The van der Waals surface area contributed by atoms with Crippen molar-refractivity contribution in [2.45, 2.75) is 51.1 Å². The van der Waals surface area contributed by atoms with E-state index in [4.69, 9.17) is 4.74 Å². The van der Waals surface area contributed by atoms with Crippen LogP contribution in [0.2, 0.25) is 0 Å². The molecule has 4 heteroatoms. The molecular formula is C19H29N2O2+. The molecule has 2 N–H and O–H groups in total. The lowest BCUT2D eigenvalue weighted by Gasteiger charge is -2.29. The molecule has 0 aromatic heterocycles. The maximum absolute atomic E-state index is 12.4. The van der Waals surface area contributed by atoms with E-state index in [1.54, 1.807) is 12.0 Å². The van der Waals surface area contributed by atoms with Gasteiger partial charge in [0.2, 0.25) is 5.91 Å². The Morgan fingerprint density at radius 1 is 1.17 bits per heavy atom. The predicted molar refractivity (Wildman–Crippen MR) is 90.5 cm³/mol. The zero-order valence-corrected chi connectivity index (χ0v) is 14.1. The van der Waals surface area contributed by atoms with Gasteiger partial charge in [-0.2, -0.15) is 0 Å². The van der Waals surface area contributed by atoms with Gasteiger partial charge < -0.3 is 15.0 Å². The number of quaternary nitrogens is 1. The van der Waals surface area contributed by atoms with Crippen LogP contribution in [-0.2, 0) is 11.3 Å². The first kappa shape index (κ1) is 16.3. The Kier molecular flexibility index (Phi) is 5.55. The van der Waals surface area contributed by atoms with Crippen LogP contribution < -0.4 is 15.0 Å². The minimum absolute atomic E-state index is 0.219. The highest BCUT2D eigenvalue weighted by Gasteiger charge is 2.29. The molecular weight excluding hydrogens is 288 g/mol. The van der Waals surface area contributed by atoms with E-state index in [0.29, 0.717) is 11.9 Å². The van der Waals surface area contributed by atoms with Gasteiger partial charge in [-0.1, -0.05) is 25.0 Å². The predicted octanol–water partition coefficient (Wildman–Crippen LogP) is 1.55. The molecule has 0 atom stereocenters. The third kappa shape index (κ3) is 4.25. The van der Waals surface area contributed by atoms with Crippen molar-refractivity contribution in [3.8, 4) is 5.75 Å². The van der Waals surface area contributed by atoms with E-state index in [-0.39, 0.29) is 5.92 Å². The fourth-order valence-electron chi connectivity index (χ4n) is 3.97. The van der Waals surface area contributed by atoms with Crippen molar-refractivity contribution in [2.75, 3.05) is 20.2 Å². The molecule has 23 heavy (non-hydrogen) atoms. The number of piperidine rings is 1. The number of likely N-dealkylation sites (tertiary alicyclic amines) is 1. The topological polar surface area (TPSA) is 42.8 Å². The van der Waals surface area contributed by atoms with Gasteiger partial charge >= 0.3 is 0 Å². The molecule has 1 amide bonds. The van der Waals surface area contributed by atoms with Crippen LogP contribution in [0.1, 0.15) is 44.1 Å². The van der Waals surface area contributed by atoms with E-state index in [2.05, 4.69) is 17.4 Å². The number of carbonyl (C=O) groups excluding carboxylic acids is 1. The molecule has 1 heterocycles. The number of methoxy groups -OCH3 is 1. The lowest BCUT2D eigenvalue weighted by molar-refractivity contribution is -0.919. The molecule has 1 aromatic rings. The van der Waals surface area contributed by atoms with Gasteiger partial charge in [0.05, 0.1) is 20.2 Å². The van der Waals surface area contributed by atoms with Crippen molar-refractivity contribution in [3.05, 3.63) is 29.8 Å². The van der Waals surface area contributed by atoms with Crippen molar-refractivity contribution >= 4 is 5.91 Å². The summed E-state index contributed by atoms with van der Waals surface area (Å²) in [5.41, 5.74) is 1.26. The maximum atomic E-state index is 12.4. The van der Waals surface area contributed by atoms with Gasteiger partial charge in [0.25, 0.3) is 0 Å². The van der Waals surface area contributed by atoms with Crippen molar-refractivity contribution in [3.63, 3.8) is 0 Å². The maximum Gasteiger partial charge on any atom is 0.223 e. The summed E-state index contributed by atoms with van der Waals surface area (Å²) in [6.07, 6.45) is 6.89. The number of benzene rings is 1. The van der Waals surface area contributed by atoms with Gasteiger partial charge in [-0.3, -0.25) is 4.79 Å². The largest absolute Gasteiger partial charge is 0.496 e. The molecule has 0 bridgehead atoms. The highest BCUT2D eigenvalue weighted by Crippen LogP contribution is 2.20. The molecule has 1 saturated heterocycles. The molecule has 2 fully saturated rings. The van der Waals surface area contributed by atoms with E-state index in [1.165, 1.54) is 31.2 Å². The number of hydrogen-bond acceptors (Lipinski definition) is 2. The number of hydrogen-bond donors (Lipinski definition) is 2. The monoisotopic (exact) mass is 317 g/mol. The van der Waals surface area contributed by atoms with E-state index >= 15 is 0 Å². The molecule has 3 rings (SSSR count). The van der Waals surface area contributed by atoms with Gasteiger partial charge in [-0.15, -0.1) is 0 Å². The lowest BCUT2D eigenvalue weighted by atomic mass is 9.95. The number of rotatable bonds is 5. The summed E-state index contributed by atoms with van der Waals surface area (Å²) in [6.45, 7) is 3.13. The fraction of sp³-hybridized carbons (Fsp3) is 0.632. The molecule has 1 saturated carbocycles. The van der Waals surface area contributed by atoms with Crippen LogP contribution in [0.15, 0.2) is 24.3 Å². The quantitative estimate of drug-likeness (QED) is 0.865. The molecule has 0 radical (unpaired) electrons. The zero-order valence-electron chi connectivity index (χ0n) is 14.1. The van der Waals surface area contributed by atoms with Gasteiger partial charge in [0, 0.05) is 30.4 Å². The molecule has 126 valence electrons. The van der Waals surface area contributed by atoms with E-state index in [9.17, 15) is 4.79 Å². The molecule has 0 unspecified atom stereocenters. The summed E-state index contributed by atoms with van der Waals surface area (Å²) >= 11 is 0. The highest BCUT2D eigenvalue weighted by atomic mass is 16.5. The molecule has 1 aliphatic carbocycles. The van der Waals surface area contributed by atoms with Crippen LogP contribution in [0.5, 0.6) is 5.75 Å². The Balaban J connectivity index is 1.47. The van der Waals surface area contributed by atoms with Crippen LogP contribution in [0, 0.1) is 5.92 Å². The number of para-hydroxylation sites is 1. The minimum atomic E-state index is 0.219. The smallest absolute Gasteiger partial charge is 0.223 e. The number of amides is 1. The van der Waals surface area contributed by atoms with E-state index in [0.717, 1.165) is 38.2 Å². The first-order chi connectivity index (χ1) is 11.3. The summed E-state index contributed by atoms with van der Waals surface area (Å²) in [5, 5.41) is 3.26. The Morgan fingerprint density at radius 3 is 2.57 bits per heavy atom. The summed E-state index contributed by atoms with van der Waals surface area (Å²) < 4.78 is 5.44. The zero-order chi connectivity index (χ0) is 16.1. The first-order valence-corrected chi connectivity index (χ1v) is 9.02. The van der Waals surface area contributed by atoms with Crippen LogP contribution in [0.4, 0.5) is 0 Å². The second kappa shape index (κ2) is 7.82. The Labute approximate surface area is 139 Å². The van der Waals surface area contributed by atoms with E-state index < -0.39 is 0 Å². The van der Waals surface area contributed by atoms with Crippen molar-refractivity contribution in [2.24, 2.45) is 5.92 Å². The summed E-state index contributed by atoms with van der Waals surface area (Å²) in [7, 11) is 1.73. The van der Waals surface area contributed by atoms with Gasteiger partial charge in [-0.05, 0) is 25.0 Å². The Hall–Kier alpha value is -1.55. The highest BCUT2D eigenvalue weighted by molar-refractivity contribution is 5.79. The summed E-state index contributed by atoms with van der Waals surface area (Å²) in [4.78, 5) is 13.9.